The van der Waals surface area contributed by atoms with Gasteiger partial charge in [0.1, 0.15) is 91.7 Å². The lowest BCUT2D eigenvalue weighted by Gasteiger charge is -2.26. The van der Waals surface area contributed by atoms with Crippen molar-refractivity contribution in [2.24, 2.45) is 23.7 Å². The Morgan fingerprint density at radius 1 is 0.409 bits per heavy atom. The van der Waals surface area contributed by atoms with E-state index in [2.05, 4.69) is 39.0 Å². The molecule has 1 saturated heterocycles. The molecular weight excluding hydrogens is 1820 g/mol. The minimum Gasteiger partial charge on any atom is -0.490 e. The summed E-state index contributed by atoms with van der Waals surface area (Å²) in [7, 11) is 0. The summed E-state index contributed by atoms with van der Waals surface area (Å²) in [4.78, 5) is 171. The fourth-order valence-electron chi connectivity index (χ4n) is 13.0. The quantitative estimate of drug-likeness (QED) is 0.00396. The molecule has 0 bridgehead atoms. The lowest BCUT2D eigenvalue weighted by molar-refractivity contribution is -0.384. The number of non-ortho nitro benzene ring substituents is 1. The van der Waals surface area contributed by atoms with Crippen LogP contribution in [0.3, 0.4) is 0 Å². The van der Waals surface area contributed by atoms with Crippen molar-refractivity contribution >= 4 is 120 Å². The predicted octanol–water partition coefficient (Wildman–Crippen LogP) is 17.3. The molecule has 3 unspecified atom stereocenters. The van der Waals surface area contributed by atoms with Gasteiger partial charge in [-0.05, 0) is 197 Å². The van der Waals surface area contributed by atoms with Gasteiger partial charge < -0.3 is 80.5 Å². The number of hydrogen-bond donors (Lipinski definition) is 0. The highest BCUT2D eigenvalue weighted by Gasteiger charge is 2.36. The third kappa shape index (κ3) is 30.6. The minimum absolute atomic E-state index is 0. The predicted molar refractivity (Wildman–Crippen MR) is 499 cm³/mol. The second kappa shape index (κ2) is 51.9. The molecule has 0 amide bonds. The van der Waals surface area contributed by atoms with Crippen molar-refractivity contribution < 1.29 is 143 Å². The highest BCUT2D eigenvalue weighted by molar-refractivity contribution is 7.22. The summed E-state index contributed by atoms with van der Waals surface area (Å²) in [6, 6.07) is 44.5. The first-order valence-electron chi connectivity index (χ1n) is 41.0. The Morgan fingerprint density at radius 3 is 1.16 bits per heavy atom. The number of fused-ring (bicyclic) bond motifs is 2. The van der Waals surface area contributed by atoms with E-state index in [0.717, 1.165) is 41.7 Å². The van der Waals surface area contributed by atoms with Crippen LogP contribution in [-0.4, -0.2) is 158 Å². The molecule has 10 aromatic rings. The van der Waals surface area contributed by atoms with Gasteiger partial charge in [-0.1, -0.05) is 74.7 Å². The topological polar surface area (TPSA) is 458 Å². The van der Waals surface area contributed by atoms with Gasteiger partial charge in [0, 0.05) is 53.6 Å². The number of nitriles is 1. The van der Waals surface area contributed by atoms with Gasteiger partial charge in [-0.2, -0.15) is 5.26 Å². The van der Waals surface area contributed by atoms with Crippen molar-refractivity contribution in [3.63, 3.8) is 0 Å². The van der Waals surface area contributed by atoms with E-state index < -0.39 is 112 Å². The Bertz CT molecular complexity index is 6050. The zero-order chi connectivity index (χ0) is 94.5. The van der Waals surface area contributed by atoms with E-state index in [1.54, 1.807) is 36.4 Å². The summed E-state index contributed by atoms with van der Waals surface area (Å²) < 4.78 is 92.7. The fraction of sp³-hybridized carbons (Fsp3) is 0.270. The molecule has 2 aliphatic carbocycles. The van der Waals surface area contributed by atoms with Crippen molar-refractivity contribution in [2.45, 2.75) is 99.4 Å². The molecule has 3 fully saturated rings. The number of thiazole rings is 2. The Morgan fingerprint density at radius 2 is 0.752 bits per heavy atom. The Balaban J connectivity index is 0.000000343. The van der Waals surface area contributed by atoms with Crippen LogP contribution in [0, 0.1) is 45.1 Å². The van der Waals surface area contributed by atoms with Gasteiger partial charge in [0.05, 0.1) is 70.1 Å². The molecule has 1 aliphatic heterocycles. The SMILES string of the molecule is C.C.C.C.C=CC(=O)OCC(COc1ccc(OC(=O)C2CCC(C(=O)Oc3ccc(OC(=O)C4CCC(C(=O)Oc5ccc(C(=O)OCOCC6CO6)cc5)CC4)c4nc(-c5ccc([N+](=O)[O-])cc5)sc34)CC2)cc1)OC(=O)C=C.C=CC(=O)OCOc1ccc(C(=O)Oc2ccc(OC(=O)c3ccc(OCC(COC(=O)C=C)OC(=O)C=C)cc3)c3sc(-c4ccc(C#N)cc4)nc23)cc1. The molecule has 37 heteroatoms. The number of nitrogens with zero attached hydrogens (tertiary/aromatic N) is 4. The number of epoxide rings is 1. The molecule has 3 atom stereocenters. The van der Waals surface area contributed by atoms with Gasteiger partial charge in [-0.15, -0.1) is 22.7 Å². The third-order valence-corrected chi connectivity index (χ3v) is 22.4. The highest BCUT2D eigenvalue weighted by atomic mass is 32.1. The molecule has 13 rings (SSSR count). The number of carbonyl (C=O) groups excluding carboxylic acids is 12. The molecule has 0 N–H and O–H groups in total. The first-order chi connectivity index (χ1) is 64.3. The van der Waals surface area contributed by atoms with Crippen LogP contribution in [0.1, 0.15) is 118 Å². The van der Waals surface area contributed by atoms with Crippen LogP contribution in [0.5, 0.6) is 51.7 Å². The summed E-state index contributed by atoms with van der Waals surface area (Å²) in [5, 5.41) is 21.5. The molecule has 8 aromatic carbocycles. The van der Waals surface area contributed by atoms with Crippen LogP contribution in [0.15, 0.2) is 233 Å². The van der Waals surface area contributed by atoms with Crippen molar-refractivity contribution in [1.29, 1.82) is 5.26 Å². The molecule has 3 aliphatic rings. The van der Waals surface area contributed by atoms with Crippen molar-refractivity contribution in [2.75, 3.05) is 53.2 Å². The number of aromatic nitrogens is 2. The monoisotopic (exact) mass is 1910 g/mol. The van der Waals surface area contributed by atoms with E-state index in [0.29, 0.717) is 118 Å². The van der Waals surface area contributed by atoms with Gasteiger partial charge in [0.2, 0.25) is 6.79 Å². The molecule has 35 nitrogen and oxygen atoms in total. The van der Waals surface area contributed by atoms with E-state index in [1.165, 1.54) is 145 Å². The van der Waals surface area contributed by atoms with Crippen LogP contribution >= 0.6 is 22.7 Å². The first-order valence-corrected chi connectivity index (χ1v) is 42.6. The first kappa shape index (κ1) is 106. The van der Waals surface area contributed by atoms with Gasteiger partial charge in [0.25, 0.3) is 5.69 Å². The van der Waals surface area contributed by atoms with Crippen LogP contribution in [0.25, 0.3) is 41.6 Å². The Labute approximate surface area is 795 Å². The maximum absolute atomic E-state index is 13.7. The zero-order valence-electron chi connectivity index (χ0n) is 70.7. The average molecular weight is 1920 g/mol. The highest BCUT2D eigenvalue weighted by Crippen LogP contribution is 2.45. The molecule has 716 valence electrons. The zero-order valence-corrected chi connectivity index (χ0v) is 72.3. The molecule has 0 radical (unpaired) electrons. The van der Waals surface area contributed by atoms with E-state index in [9.17, 15) is 72.9 Å². The van der Waals surface area contributed by atoms with Crippen LogP contribution in [-0.2, 0) is 81.0 Å². The number of benzene rings is 8. The molecular formula is C100H98N4O31S2. The van der Waals surface area contributed by atoms with Crippen molar-refractivity contribution in [3.8, 4) is 79.0 Å². The third-order valence-electron chi connectivity index (χ3n) is 20.2. The van der Waals surface area contributed by atoms with E-state index in [-0.39, 0.29) is 144 Å². The summed E-state index contributed by atoms with van der Waals surface area (Å²) in [5.41, 5.74) is 2.61. The fourth-order valence-corrected chi connectivity index (χ4v) is 15.1. The number of nitro groups is 1. The molecule has 0 spiro atoms. The lowest BCUT2D eigenvalue weighted by Crippen LogP contribution is -2.30. The van der Waals surface area contributed by atoms with Crippen LogP contribution in [0.2, 0.25) is 0 Å². The normalized spacial score (nSPS) is 15.1. The second-order valence-electron chi connectivity index (χ2n) is 29.2. The number of ether oxygens (including phenoxy) is 17. The van der Waals surface area contributed by atoms with Gasteiger partial charge in [0.15, 0.2) is 42.0 Å². The average Bonchev–Trinajstić information content (AvgIpc) is 1.63. The summed E-state index contributed by atoms with van der Waals surface area (Å²) in [6.45, 7) is 16.2. The number of nitro benzene ring substituents is 1. The lowest BCUT2D eigenvalue weighted by atomic mass is 9.82. The molecule has 3 heterocycles. The second-order valence-corrected chi connectivity index (χ2v) is 31.2. The van der Waals surface area contributed by atoms with Crippen molar-refractivity contribution in [1.82, 2.24) is 9.97 Å². The smallest absolute Gasteiger partial charge is 0.343 e. The van der Waals surface area contributed by atoms with Gasteiger partial charge in [-0.25, -0.2) is 48.3 Å². The Kier molecular flexibility index (Phi) is 40.3. The maximum atomic E-state index is 13.7. The minimum atomic E-state index is -0.950. The van der Waals surface area contributed by atoms with Crippen LogP contribution in [0.4, 0.5) is 5.69 Å². The summed E-state index contributed by atoms with van der Waals surface area (Å²) >= 11 is 2.33. The standard InChI is InChI=1S/C55H52N2O19S.C41H30N2O12S.4CH4/c1-3-46(58)70-30-43(72-47(59)4-2)29-68-39-21-23-41(24-22-39)74-53(62)35-7-11-37(12-8-35)55(64)76-45-26-25-44(48-49(45)77-50(56-48)32-13-17-38(18-14-32)57(65)66)75-54(63)36-9-5-34(6-10-36)52(61)73-40-19-15-33(16-20-40)51(60)71-31-67-27-42-28-69-42;1-4-34(44)50-23-31(53-36(46)6-3)22-49-29-15-11-28(12-16-29)41(48)55-33-20-19-32(37-38(33)56-39(43-37)26-9-7-25(21-42)8-10-26)54-40(47)27-13-17-30(18-14-27)51-24-52-35(45)5-2;;;;/h3-4,13-26,34-37,42-43H,1-2,5-12,27-31H2;4-20,31H,1-3,22-24H2;4*1H4. The molecule has 2 saturated carbocycles. The van der Waals surface area contributed by atoms with Gasteiger partial charge in [-0.3, -0.25) is 29.3 Å². The summed E-state index contributed by atoms with van der Waals surface area (Å²) in [5.74, 6) is -7.61. The number of carbonyl (C=O) groups is 12. The van der Waals surface area contributed by atoms with E-state index >= 15 is 0 Å². The maximum Gasteiger partial charge on any atom is 0.343 e. The van der Waals surface area contributed by atoms with Crippen molar-refractivity contribution in [3.05, 3.63) is 266 Å². The molecule has 137 heavy (non-hydrogen) atoms. The molecule has 2 aromatic heterocycles. The van der Waals surface area contributed by atoms with E-state index in [4.69, 9.17) is 90.5 Å². The number of hydrogen-bond acceptors (Lipinski definition) is 36. The summed E-state index contributed by atoms with van der Waals surface area (Å²) in [6.07, 6.45) is 5.78. The van der Waals surface area contributed by atoms with Gasteiger partial charge >= 0.3 is 71.6 Å². The van der Waals surface area contributed by atoms with E-state index in [1.807, 2.05) is 0 Å². The largest absolute Gasteiger partial charge is 0.490 e. The van der Waals surface area contributed by atoms with Crippen LogP contribution < -0.4 is 42.6 Å². The number of rotatable bonds is 40. The number of esters is 12. The Hall–Kier alpha value is -15.9.